The molecule has 0 radical (unpaired) electrons. The zero-order chi connectivity index (χ0) is 19.2. The number of likely N-dealkylation sites (N-methyl/N-ethyl adjacent to an activating group) is 1. The fraction of sp³-hybridized carbons (Fsp3) is 0.429. The lowest BCUT2D eigenvalue weighted by atomic mass is 10.1. The van der Waals surface area contributed by atoms with Crippen molar-refractivity contribution in [3.63, 3.8) is 0 Å². The lowest BCUT2D eigenvalue weighted by Gasteiger charge is -2.34. The molecule has 1 saturated heterocycles. The van der Waals surface area contributed by atoms with Gasteiger partial charge < -0.3 is 20.9 Å². The minimum Gasteiger partial charge on any atom is -0.370 e. The Bertz CT molecular complexity index is 773. The third-order valence-corrected chi connectivity index (χ3v) is 4.88. The number of nitrogens with two attached hydrogens (primary N) is 1. The highest BCUT2D eigenvalue weighted by atomic mass is 15.3. The molecule has 1 aromatic carbocycles. The van der Waals surface area contributed by atoms with Crippen molar-refractivity contribution in [2.24, 2.45) is 10.7 Å². The fourth-order valence-corrected chi connectivity index (χ4v) is 3.44. The second-order valence-corrected chi connectivity index (χ2v) is 7.15. The molecule has 1 aliphatic rings. The van der Waals surface area contributed by atoms with Crippen LogP contribution in [-0.2, 0) is 6.54 Å². The number of aromatic nitrogens is 1. The monoisotopic (exact) mass is 366 g/mol. The number of aliphatic imine (C=N–C) groups is 1. The number of pyridine rings is 1. The first kappa shape index (κ1) is 19.2. The Kier molecular flexibility index (Phi) is 6.29. The predicted octanol–water partition coefficient (Wildman–Crippen LogP) is 2.77. The summed E-state index contributed by atoms with van der Waals surface area (Å²) in [6, 6.07) is 10.4. The molecule has 1 fully saturated rings. The maximum absolute atomic E-state index is 6.07. The summed E-state index contributed by atoms with van der Waals surface area (Å²) >= 11 is 0. The number of guanidine groups is 1. The Balaban J connectivity index is 1.61. The summed E-state index contributed by atoms with van der Waals surface area (Å²) in [7, 11) is 0. The van der Waals surface area contributed by atoms with E-state index in [0.29, 0.717) is 12.5 Å². The van der Waals surface area contributed by atoms with Crippen molar-refractivity contribution in [1.82, 2.24) is 9.88 Å². The van der Waals surface area contributed by atoms with Gasteiger partial charge in [-0.25, -0.2) is 9.98 Å². The van der Waals surface area contributed by atoms with E-state index < -0.39 is 0 Å². The maximum atomic E-state index is 6.07. The normalized spacial score (nSPS) is 15.8. The highest BCUT2D eigenvalue weighted by Crippen LogP contribution is 2.16. The van der Waals surface area contributed by atoms with Gasteiger partial charge >= 0.3 is 0 Å². The van der Waals surface area contributed by atoms with Gasteiger partial charge in [0.2, 0.25) is 0 Å². The SMILES string of the molecule is CCN1CCN(c2cc(CN=C(N)Nc3cc(C)cc(C)c3)ccn2)CC1. The molecule has 2 heterocycles. The number of piperazine rings is 1. The molecule has 0 saturated carbocycles. The number of anilines is 2. The Morgan fingerprint density at radius 3 is 2.48 bits per heavy atom. The zero-order valence-corrected chi connectivity index (χ0v) is 16.6. The third kappa shape index (κ3) is 5.44. The summed E-state index contributed by atoms with van der Waals surface area (Å²) in [5.41, 5.74) is 10.6. The minimum absolute atomic E-state index is 0.426. The van der Waals surface area contributed by atoms with Crippen LogP contribution < -0.4 is 16.0 Å². The van der Waals surface area contributed by atoms with Crippen molar-refractivity contribution in [1.29, 1.82) is 0 Å². The molecule has 0 amide bonds. The van der Waals surface area contributed by atoms with Crippen molar-refractivity contribution >= 4 is 17.5 Å². The van der Waals surface area contributed by atoms with Gasteiger partial charge in [-0.05, 0) is 61.3 Å². The lowest BCUT2D eigenvalue weighted by molar-refractivity contribution is 0.270. The largest absolute Gasteiger partial charge is 0.370 e. The summed E-state index contributed by atoms with van der Waals surface area (Å²) in [4.78, 5) is 13.8. The molecular weight excluding hydrogens is 336 g/mol. The molecule has 27 heavy (non-hydrogen) atoms. The molecule has 3 N–H and O–H groups in total. The first-order chi connectivity index (χ1) is 13.0. The van der Waals surface area contributed by atoms with Crippen molar-refractivity contribution < 1.29 is 0 Å². The van der Waals surface area contributed by atoms with Crippen LogP contribution in [0, 0.1) is 13.8 Å². The molecule has 3 rings (SSSR count). The zero-order valence-electron chi connectivity index (χ0n) is 16.6. The molecule has 2 aromatic rings. The number of benzene rings is 1. The lowest BCUT2D eigenvalue weighted by Crippen LogP contribution is -2.46. The van der Waals surface area contributed by atoms with Crippen LogP contribution in [0.2, 0.25) is 0 Å². The maximum Gasteiger partial charge on any atom is 0.193 e. The van der Waals surface area contributed by atoms with Gasteiger partial charge in [-0.2, -0.15) is 0 Å². The second-order valence-electron chi connectivity index (χ2n) is 7.15. The average molecular weight is 367 g/mol. The van der Waals surface area contributed by atoms with Crippen LogP contribution in [0.4, 0.5) is 11.5 Å². The number of rotatable bonds is 5. The Morgan fingerprint density at radius 2 is 1.81 bits per heavy atom. The van der Waals surface area contributed by atoms with Crippen molar-refractivity contribution in [3.05, 3.63) is 53.2 Å². The molecule has 0 unspecified atom stereocenters. The van der Waals surface area contributed by atoms with Gasteiger partial charge in [-0.15, -0.1) is 0 Å². The number of nitrogens with zero attached hydrogens (tertiary/aromatic N) is 4. The van der Waals surface area contributed by atoms with Gasteiger partial charge in [0.25, 0.3) is 0 Å². The van der Waals surface area contributed by atoms with E-state index in [1.807, 2.05) is 12.3 Å². The minimum atomic E-state index is 0.426. The van der Waals surface area contributed by atoms with E-state index in [1.165, 1.54) is 11.1 Å². The van der Waals surface area contributed by atoms with Gasteiger partial charge in [-0.3, -0.25) is 0 Å². The van der Waals surface area contributed by atoms with E-state index in [0.717, 1.165) is 49.8 Å². The molecule has 6 heteroatoms. The van der Waals surface area contributed by atoms with Crippen LogP contribution >= 0.6 is 0 Å². The van der Waals surface area contributed by atoms with Gasteiger partial charge in [0.1, 0.15) is 5.82 Å². The van der Waals surface area contributed by atoms with Gasteiger partial charge in [0.05, 0.1) is 6.54 Å². The highest BCUT2D eigenvalue weighted by Gasteiger charge is 2.16. The number of nitrogens with one attached hydrogen (secondary N) is 1. The Labute approximate surface area is 162 Å². The molecule has 6 nitrogen and oxygen atoms in total. The first-order valence-electron chi connectivity index (χ1n) is 9.61. The molecule has 0 atom stereocenters. The number of hydrogen-bond acceptors (Lipinski definition) is 4. The standard InChI is InChI=1S/C21H30N6/c1-4-26-7-9-27(10-8-26)20-14-18(5-6-23-20)15-24-21(22)25-19-12-16(2)11-17(3)13-19/h5-6,11-14H,4,7-10,15H2,1-3H3,(H3,22,24,25). The molecule has 0 spiro atoms. The molecule has 0 bridgehead atoms. The van der Waals surface area contributed by atoms with Crippen LogP contribution in [-0.4, -0.2) is 48.6 Å². The van der Waals surface area contributed by atoms with Gasteiger partial charge in [-0.1, -0.05) is 13.0 Å². The van der Waals surface area contributed by atoms with Crippen LogP contribution in [0.15, 0.2) is 41.5 Å². The second kappa shape index (κ2) is 8.86. The molecule has 1 aromatic heterocycles. The summed E-state index contributed by atoms with van der Waals surface area (Å²) < 4.78 is 0. The fourth-order valence-electron chi connectivity index (χ4n) is 3.44. The quantitative estimate of drug-likeness (QED) is 0.629. The van der Waals surface area contributed by atoms with Crippen LogP contribution in [0.5, 0.6) is 0 Å². The summed E-state index contributed by atoms with van der Waals surface area (Å²) in [6.45, 7) is 12.2. The highest BCUT2D eigenvalue weighted by molar-refractivity contribution is 5.92. The van der Waals surface area contributed by atoms with E-state index >= 15 is 0 Å². The Hall–Kier alpha value is -2.60. The van der Waals surface area contributed by atoms with E-state index in [9.17, 15) is 0 Å². The van der Waals surface area contributed by atoms with Gasteiger partial charge in [0.15, 0.2) is 5.96 Å². The van der Waals surface area contributed by atoms with Gasteiger partial charge in [0, 0.05) is 38.1 Å². The molecule has 1 aliphatic heterocycles. The van der Waals surface area contributed by atoms with Crippen LogP contribution in [0.3, 0.4) is 0 Å². The molecule has 0 aliphatic carbocycles. The van der Waals surface area contributed by atoms with Crippen molar-refractivity contribution in [2.75, 3.05) is 42.9 Å². The smallest absolute Gasteiger partial charge is 0.193 e. The molecule has 144 valence electrons. The summed E-state index contributed by atoms with van der Waals surface area (Å²) in [6.07, 6.45) is 1.86. The molecular formula is C21H30N6. The van der Waals surface area contributed by atoms with E-state index in [2.05, 4.69) is 70.1 Å². The summed E-state index contributed by atoms with van der Waals surface area (Å²) in [5.74, 6) is 1.45. The topological polar surface area (TPSA) is 69.8 Å². The number of aryl methyl sites for hydroxylation is 2. The summed E-state index contributed by atoms with van der Waals surface area (Å²) in [5, 5.41) is 3.18. The number of hydrogen-bond donors (Lipinski definition) is 2. The van der Waals surface area contributed by atoms with Crippen LogP contribution in [0.25, 0.3) is 0 Å². The van der Waals surface area contributed by atoms with E-state index in [-0.39, 0.29) is 0 Å². The first-order valence-corrected chi connectivity index (χ1v) is 9.61. The average Bonchev–Trinajstić information content (AvgIpc) is 2.66. The van der Waals surface area contributed by atoms with Crippen molar-refractivity contribution in [2.45, 2.75) is 27.3 Å². The van der Waals surface area contributed by atoms with E-state index in [4.69, 9.17) is 5.73 Å². The Morgan fingerprint density at radius 1 is 1.11 bits per heavy atom. The predicted molar refractivity (Wildman–Crippen MR) is 113 cm³/mol. The van der Waals surface area contributed by atoms with Crippen LogP contribution in [0.1, 0.15) is 23.6 Å². The van der Waals surface area contributed by atoms with Crippen molar-refractivity contribution in [3.8, 4) is 0 Å². The van der Waals surface area contributed by atoms with E-state index in [1.54, 1.807) is 0 Å². The third-order valence-electron chi connectivity index (χ3n) is 4.88.